The Morgan fingerprint density at radius 2 is 0.789 bits per heavy atom. The average molecular weight is 1850 g/mol. The summed E-state index contributed by atoms with van der Waals surface area (Å²) in [5, 5.41) is 17.6. The number of aryl methyl sites for hydroxylation is 5. The van der Waals surface area contributed by atoms with Gasteiger partial charge in [0.2, 0.25) is 10.6 Å². The highest BCUT2D eigenvalue weighted by Crippen LogP contribution is 2.43. The minimum atomic E-state index is -0.505. The van der Waals surface area contributed by atoms with Crippen LogP contribution < -0.4 is 27.1 Å². The van der Waals surface area contributed by atoms with Gasteiger partial charge in [-0.05, 0) is 319 Å². The lowest BCUT2D eigenvalue weighted by Gasteiger charge is -2.32. The predicted molar refractivity (Wildman–Crippen MR) is 475 cm³/mol. The molecule has 5 aromatic carbocycles. The van der Waals surface area contributed by atoms with Crippen LogP contribution in [0.1, 0.15) is 215 Å². The number of amides is 3. The number of carbonyl (C=O) groups excluding carboxylic acids is 3. The molecule has 2 aromatic heterocycles. The summed E-state index contributed by atoms with van der Waals surface area (Å²) in [5.74, 6) is 0. The fourth-order valence-electron chi connectivity index (χ4n) is 9.85. The fraction of sp³-hybridized carbons (Fsp3) is 0.494. The third-order valence-electron chi connectivity index (χ3n) is 18.1. The molecule has 5 N–H and O–H groups in total. The highest BCUT2D eigenvalue weighted by molar-refractivity contribution is 9.11. The van der Waals surface area contributed by atoms with E-state index in [4.69, 9.17) is 87.9 Å². The van der Waals surface area contributed by atoms with Crippen LogP contribution in [0.2, 0.25) is 15.7 Å². The van der Waals surface area contributed by atoms with Gasteiger partial charge in [0.05, 0.1) is 50.9 Å². The standard InChI is InChI=1S/C19H30BNO4.C17H20ClN3O2.C13H18BrNO2.C12H24B2O4.C8H10BrN.C8H6BrN.C4H2Cl2N2.C2H6.ClH/c1-13-11-15(20-24-18(5,6)19(7,8)25-20)10-9-14(13)12-21-16(22)23-17(2,3)4;1-11-9-12(14-7-8-19-15(18)21-14)5-6-13(11)10-20-16(22)23-17(2,3)4;1-9-7-11(14)6-5-10(9)8-15-12(16)17-13(2,3)4;1-9(2)10(3,4)16-13(15-9)14-17-11(5,6)12(7,8)18-14;2*1-6-4-8(9)3-2-7(6)5-10;5-3-1-2-7-4(6)8-3;1-2;/h9-11H,12H2,1-8H3,(H,21,22);5-9H,10H2,1-4H3,(H,20,22);5-7H,8H2,1-4H3,(H,15,16);1-8H3;2-4H,5,10H2,1H3;2-4H,1H3;1-2H;1-2H3;1H. The van der Waals surface area contributed by atoms with E-state index >= 15 is 0 Å². The van der Waals surface area contributed by atoms with Crippen LogP contribution in [-0.4, -0.2) is 110 Å². The molecule has 624 valence electrons. The van der Waals surface area contributed by atoms with Crippen molar-refractivity contribution < 1.29 is 56.5 Å². The number of alkyl carbamates (subject to hydrolysis) is 3. The van der Waals surface area contributed by atoms with Gasteiger partial charge in [-0.15, -0.1) is 12.4 Å². The fourth-order valence-corrected chi connectivity index (χ4v) is 11.8. The van der Waals surface area contributed by atoms with Crippen molar-refractivity contribution in [1.29, 1.82) is 5.26 Å². The number of nitrogens with zero attached hydrogens (tertiary/aromatic N) is 5. The van der Waals surface area contributed by atoms with Gasteiger partial charge in [-0.3, -0.25) is 0 Å². The molecular weight excluding hydrogens is 1730 g/mol. The van der Waals surface area contributed by atoms with Crippen molar-refractivity contribution in [2.45, 2.75) is 270 Å². The Bertz CT molecular complexity index is 4230. The van der Waals surface area contributed by atoms with Gasteiger partial charge in [-0.25, -0.2) is 34.3 Å². The largest absolute Gasteiger partial charge is 0.494 e. The molecule has 0 radical (unpaired) electrons. The lowest BCUT2D eigenvalue weighted by Crippen LogP contribution is -2.41. The molecule has 3 saturated heterocycles. The van der Waals surface area contributed by atoms with E-state index in [9.17, 15) is 14.4 Å². The summed E-state index contributed by atoms with van der Waals surface area (Å²) in [6, 6.07) is 35.1. The molecule has 31 heteroatoms. The van der Waals surface area contributed by atoms with E-state index in [0.717, 1.165) is 74.6 Å². The molecule has 21 nitrogen and oxygen atoms in total. The first-order chi connectivity index (χ1) is 52.0. The van der Waals surface area contributed by atoms with Crippen LogP contribution in [0.15, 0.2) is 129 Å². The van der Waals surface area contributed by atoms with E-state index in [1.54, 1.807) is 24.4 Å². The lowest BCUT2D eigenvalue weighted by atomic mass is 9.49. The summed E-state index contributed by atoms with van der Waals surface area (Å²) < 4.78 is 54.8. The number of halogens is 7. The summed E-state index contributed by atoms with van der Waals surface area (Å²) in [7, 11) is -1.33. The molecule has 0 unspecified atom stereocenters. The third-order valence-corrected chi connectivity index (χ3v) is 20.2. The van der Waals surface area contributed by atoms with Crippen LogP contribution in [0.3, 0.4) is 0 Å². The van der Waals surface area contributed by atoms with Crippen LogP contribution in [-0.2, 0) is 68.3 Å². The van der Waals surface area contributed by atoms with Crippen LogP contribution in [0.25, 0.3) is 11.3 Å². The van der Waals surface area contributed by atoms with Crippen molar-refractivity contribution in [3.8, 4) is 17.3 Å². The number of benzene rings is 5. The molecule has 10 rings (SSSR count). The predicted octanol–water partition coefficient (Wildman–Crippen LogP) is 21.6. The van der Waals surface area contributed by atoms with Crippen LogP contribution in [0, 0.1) is 45.9 Å². The topological polar surface area (TPSA) is 272 Å². The van der Waals surface area contributed by atoms with Gasteiger partial charge in [0.25, 0.3) is 0 Å². The van der Waals surface area contributed by atoms with Crippen molar-refractivity contribution in [1.82, 2.24) is 35.9 Å². The van der Waals surface area contributed by atoms with Crippen LogP contribution in [0.4, 0.5) is 14.4 Å². The van der Waals surface area contributed by atoms with Gasteiger partial charge in [0.1, 0.15) is 22.0 Å². The number of ether oxygens (including phenoxy) is 3. The Morgan fingerprint density at radius 1 is 0.465 bits per heavy atom. The molecule has 0 saturated carbocycles. The van der Waals surface area contributed by atoms with E-state index in [1.165, 1.54) is 17.3 Å². The zero-order valence-electron chi connectivity index (χ0n) is 71.4. The molecule has 0 aliphatic carbocycles. The summed E-state index contributed by atoms with van der Waals surface area (Å²) in [6.45, 7) is 56.9. The maximum absolute atomic E-state index is 11.8. The summed E-state index contributed by atoms with van der Waals surface area (Å²) in [4.78, 5) is 50.2. The van der Waals surface area contributed by atoms with E-state index in [2.05, 4.69) is 103 Å². The molecule has 3 fully saturated rings. The quantitative estimate of drug-likeness (QED) is 0.0429. The zero-order valence-corrected chi connectivity index (χ0v) is 79.3. The zero-order chi connectivity index (χ0) is 86.2. The second-order valence-electron chi connectivity index (χ2n) is 32.5. The third kappa shape index (κ3) is 35.3. The normalized spacial score (nSPS) is 15.5. The molecule has 3 amide bonds. The number of nitrogens with one attached hydrogen (secondary N) is 3. The number of carbonyl (C=O) groups is 3. The molecule has 3 aliphatic rings. The SMILES string of the molecule is CC.CC1(C)OB(B2OC(C)(C)C(C)(C)O2)OC1(C)C.Cc1cc(-c2ccnc(Cl)n2)ccc1CNC(=O)OC(C)(C)C.Cc1cc(B2OC(C)(C)C(C)(C)O2)ccc1CNC(=O)OC(C)(C)C.Cc1cc(Br)ccc1C#N.Cc1cc(Br)ccc1CN.Cc1cc(Br)ccc1CNC(=O)OC(C)(C)C.Cl.Clc1ccnc(Cl)n1. The molecule has 0 spiro atoms. The van der Waals surface area contributed by atoms with Crippen molar-refractivity contribution in [2.24, 2.45) is 5.73 Å². The highest BCUT2D eigenvalue weighted by Gasteiger charge is 2.64. The summed E-state index contributed by atoms with van der Waals surface area (Å²) in [6.07, 6.45) is 1.89. The number of hydrogen-bond acceptors (Lipinski definition) is 18. The molecule has 5 heterocycles. The van der Waals surface area contributed by atoms with Crippen molar-refractivity contribution in [2.75, 3.05) is 0 Å². The number of rotatable bonds is 10. The van der Waals surface area contributed by atoms with E-state index < -0.39 is 43.0 Å². The second-order valence-corrected chi connectivity index (χ2v) is 36.3. The molecule has 7 aromatic rings. The molecular formula is C83H117B3Br3Cl4N9O12. The van der Waals surface area contributed by atoms with Gasteiger partial charge in [0.15, 0.2) is 0 Å². The Labute approximate surface area is 725 Å². The van der Waals surface area contributed by atoms with Crippen LogP contribution >= 0.6 is 95.0 Å². The average Bonchev–Trinajstić information content (AvgIpc) is 1.60. The minimum Gasteiger partial charge on any atom is -0.444 e. The maximum Gasteiger partial charge on any atom is 0.494 e. The van der Waals surface area contributed by atoms with Crippen molar-refractivity contribution in [3.05, 3.63) is 200 Å². The molecule has 0 atom stereocenters. The van der Waals surface area contributed by atoms with Gasteiger partial charge in [-0.1, -0.05) is 116 Å². The van der Waals surface area contributed by atoms with Gasteiger partial charge >= 0.3 is 39.4 Å². The van der Waals surface area contributed by atoms with Crippen molar-refractivity contribution >= 4 is 140 Å². The maximum atomic E-state index is 11.8. The lowest BCUT2D eigenvalue weighted by molar-refractivity contribution is 0.00578. The monoisotopic (exact) mass is 1840 g/mol. The number of aromatic nitrogens is 4. The van der Waals surface area contributed by atoms with Crippen molar-refractivity contribution in [3.63, 3.8) is 0 Å². The highest BCUT2D eigenvalue weighted by atomic mass is 79.9. The van der Waals surface area contributed by atoms with Gasteiger partial charge in [-0.2, -0.15) is 5.26 Å². The van der Waals surface area contributed by atoms with E-state index in [0.29, 0.717) is 31.3 Å². The Morgan fingerprint density at radius 3 is 1.11 bits per heavy atom. The van der Waals surface area contributed by atoms with Gasteiger partial charge in [0, 0.05) is 57.6 Å². The van der Waals surface area contributed by atoms with Crippen LogP contribution in [0.5, 0.6) is 0 Å². The molecule has 114 heavy (non-hydrogen) atoms. The Balaban J connectivity index is 0.000000462. The first kappa shape index (κ1) is 104. The smallest absolute Gasteiger partial charge is 0.444 e. The van der Waals surface area contributed by atoms with E-state index in [-0.39, 0.29) is 69.8 Å². The molecule has 0 bridgehead atoms. The Kier molecular flexibility index (Phi) is 41.4. The minimum absolute atomic E-state index is 0. The first-order valence-corrected chi connectivity index (χ1v) is 40.6. The summed E-state index contributed by atoms with van der Waals surface area (Å²) >= 11 is 26.7. The summed E-state index contributed by atoms with van der Waals surface area (Å²) in [5.41, 5.74) is 15.2. The molecule has 3 aliphatic heterocycles. The number of nitriles is 1. The Hall–Kier alpha value is -5.93. The number of nitrogens with two attached hydrogens (primary N) is 1. The second kappa shape index (κ2) is 45.3. The first-order valence-electron chi connectivity index (χ1n) is 37.1. The van der Waals surface area contributed by atoms with E-state index in [1.807, 2.05) is 266 Å². The van der Waals surface area contributed by atoms with Gasteiger partial charge < -0.3 is 63.8 Å². The number of hydrogen-bond donors (Lipinski definition) is 4.